The van der Waals surface area contributed by atoms with Crippen LogP contribution in [0.15, 0.2) is 23.0 Å². The van der Waals surface area contributed by atoms with Crippen molar-refractivity contribution in [1.29, 1.82) is 5.26 Å². The molecular weight excluding hydrogens is 392 g/mol. The summed E-state index contributed by atoms with van der Waals surface area (Å²) < 4.78 is 6.85. The maximum atomic E-state index is 12.9. The Bertz CT molecular complexity index is 1050. The third-order valence-corrected chi connectivity index (χ3v) is 5.70. The topological polar surface area (TPSA) is 92.3 Å². The molecule has 1 aromatic heterocycles. The Labute approximate surface area is 174 Å². The second-order valence-electron chi connectivity index (χ2n) is 7.40. The van der Waals surface area contributed by atoms with E-state index in [1.54, 1.807) is 18.2 Å². The molecule has 7 heteroatoms. The monoisotopic (exact) mass is 414 g/mol. The standard InChI is InChI=1S/C22H23ClN2O4/c1-13-10-15(23)8-9-19(13)29-12-18(26)20-14(2)17(11-24)21(27)25(22(20)28)16-6-4-3-5-7-16/h8-10,16,28H,3-7,12H2,1-2H3. The number of nitriles is 1. The highest BCUT2D eigenvalue weighted by molar-refractivity contribution is 6.30. The number of aryl methyl sites for hydroxylation is 1. The van der Waals surface area contributed by atoms with Crippen LogP contribution in [0.25, 0.3) is 0 Å². The van der Waals surface area contributed by atoms with Gasteiger partial charge in [-0.1, -0.05) is 30.9 Å². The lowest BCUT2D eigenvalue weighted by Gasteiger charge is -2.26. The summed E-state index contributed by atoms with van der Waals surface area (Å²) in [4.78, 5) is 25.7. The first kappa shape index (κ1) is 20.9. The molecule has 1 N–H and O–H groups in total. The number of benzene rings is 1. The van der Waals surface area contributed by atoms with Gasteiger partial charge < -0.3 is 9.84 Å². The fourth-order valence-corrected chi connectivity index (χ4v) is 4.15. The molecule has 1 aliphatic rings. The summed E-state index contributed by atoms with van der Waals surface area (Å²) in [5.41, 5.74) is 0.276. The van der Waals surface area contributed by atoms with Crippen LogP contribution < -0.4 is 10.3 Å². The van der Waals surface area contributed by atoms with E-state index in [9.17, 15) is 20.0 Å². The van der Waals surface area contributed by atoms with E-state index in [1.165, 1.54) is 11.5 Å². The molecule has 152 valence electrons. The van der Waals surface area contributed by atoms with Crippen LogP contribution in [-0.2, 0) is 0 Å². The number of pyridine rings is 1. The maximum absolute atomic E-state index is 12.9. The van der Waals surface area contributed by atoms with Gasteiger partial charge in [0, 0.05) is 11.1 Å². The number of aromatic nitrogens is 1. The number of hydrogen-bond donors (Lipinski definition) is 1. The quantitative estimate of drug-likeness (QED) is 0.729. The molecule has 1 fully saturated rings. The van der Waals surface area contributed by atoms with E-state index < -0.39 is 11.3 Å². The number of carbonyl (C=O) groups excluding carboxylic acids is 1. The Kier molecular flexibility index (Phi) is 6.29. The smallest absolute Gasteiger partial charge is 0.271 e. The molecule has 29 heavy (non-hydrogen) atoms. The van der Waals surface area contributed by atoms with Crippen LogP contribution in [0.1, 0.15) is 65.2 Å². The number of nitrogens with zero attached hydrogens (tertiary/aromatic N) is 2. The molecule has 6 nitrogen and oxygen atoms in total. The van der Waals surface area contributed by atoms with Gasteiger partial charge in [0.15, 0.2) is 6.61 Å². The van der Waals surface area contributed by atoms with E-state index in [1.807, 2.05) is 13.0 Å². The van der Waals surface area contributed by atoms with Crippen LogP contribution in [0.3, 0.4) is 0 Å². The lowest BCUT2D eigenvalue weighted by atomic mass is 9.93. The lowest BCUT2D eigenvalue weighted by Crippen LogP contribution is -2.31. The van der Waals surface area contributed by atoms with E-state index >= 15 is 0 Å². The first-order chi connectivity index (χ1) is 13.8. The molecule has 1 heterocycles. The Morgan fingerprint density at radius 3 is 2.62 bits per heavy atom. The van der Waals surface area contributed by atoms with Crippen molar-refractivity contribution in [2.45, 2.75) is 52.0 Å². The number of aromatic hydroxyl groups is 1. The number of halogens is 1. The van der Waals surface area contributed by atoms with Crippen molar-refractivity contribution in [3.63, 3.8) is 0 Å². The zero-order valence-electron chi connectivity index (χ0n) is 16.5. The van der Waals surface area contributed by atoms with E-state index in [0.717, 1.165) is 37.7 Å². The fourth-order valence-electron chi connectivity index (χ4n) is 3.92. The molecule has 1 saturated carbocycles. The van der Waals surface area contributed by atoms with Crippen molar-refractivity contribution in [2.75, 3.05) is 6.61 Å². The van der Waals surface area contributed by atoms with Gasteiger partial charge in [0.25, 0.3) is 5.56 Å². The second kappa shape index (κ2) is 8.71. The molecule has 0 atom stereocenters. The van der Waals surface area contributed by atoms with Crippen molar-refractivity contribution < 1.29 is 14.6 Å². The SMILES string of the molecule is Cc1cc(Cl)ccc1OCC(=O)c1c(C)c(C#N)c(=O)n(C2CCCCC2)c1O. The average Bonchev–Trinajstić information content (AvgIpc) is 2.68. The molecule has 3 rings (SSSR count). The molecule has 0 spiro atoms. The number of carbonyl (C=O) groups is 1. The normalized spacial score (nSPS) is 14.4. The van der Waals surface area contributed by atoms with Gasteiger partial charge in [-0.25, -0.2) is 0 Å². The van der Waals surface area contributed by atoms with E-state index in [4.69, 9.17) is 16.3 Å². The summed E-state index contributed by atoms with van der Waals surface area (Å²) in [5.74, 6) is -0.365. The molecule has 0 aliphatic heterocycles. The van der Waals surface area contributed by atoms with Gasteiger partial charge in [-0.3, -0.25) is 14.2 Å². The fraction of sp³-hybridized carbons (Fsp3) is 0.409. The van der Waals surface area contributed by atoms with Crippen LogP contribution >= 0.6 is 11.6 Å². The molecule has 0 amide bonds. The summed E-state index contributed by atoms with van der Waals surface area (Å²) in [7, 11) is 0. The summed E-state index contributed by atoms with van der Waals surface area (Å²) in [6.07, 6.45) is 4.41. The minimum atomic E-state index is -0.541. The van der Waals surface area contributed by atoms with Crippen molar-refractivity contribution in [2.24, 2.45) is 0 Å². The molecule has 0 bridgehead atoms. The molecule has 1 aromatic carbocycles. The number of Topliss-reactive ketones (excluding diaryl/α,β-unsaturated/α-hetero) is 1. The van der Waals surface area contributed by atoms with Gasteiger partial charge in [0.2, 0.25) is 11.7 Å². The Morgan fingerprint density at radius 1 is 1.31 bits per heavy atom. The minimum Gasteiger partial charge on any atom is -0.494 e. The number of rotatable bonds is 5. The summed E-state index contributed by atoms with van der Waals surface area (Å²) in [6.45, 7) is 2.99. The molecule has 0 unspecified atom stereocenters. The number of hydrogen-bond acceptors (Lipinski definition) is 5. The van der Waals surface area contributed by atoms with Crippen LogP contribution in [-0.4, -0.2) is 22.1 Å². The van der Waals surface area contributed by atoms with Crippen molar-refractivity contribution in [3.05, 3.63) is 55.8 Å². The van der Waals surface area contributed by atoms with Crippen LogP contribution in [0.5, 0.6) is 11.6 Å². The largest absolute Gasteiger partial charge is 0.494 e. The highest BCUT2D eigenvalue weighted by atomic mass is 35.5. The summed E-state index contributed by atoms with van der Waals surface area (Å²) in [6, 6.07) is 6.74. The van der Waals surface area contributed by atoms with Crippen LogP contribution in [0, 0.1) is 25.2 Å². The van der Waals surface area contributed by atoms with Gasteiger partial charge >= 0.3 is 0 Å². The maximum Gasteiger partial charge on any atom is 0.271 e. The first-order valence-corrected chi connectivity index (χ1v) is 10.0. The van der Waals surface area contributed by atoms with Crippen LogP contribution in [0.4, 0.5) is 0 Å². The molecule has 0 saturated heterocycles. The number of ether oxygens (including phenoxy) is 1. The molecule has 1 aliphatic carbocycles. The molecule has 0 radical (unpaired) electrons. The molecule has 2 aromatic rings. The summed E-state index contributed by atoms with van der Waals surface area (Å²) in [5, 5.41) is 20.9. The van der Waals surface area contributed by atoms with Gasteiger partial charge in [-0.05, 0) is 56.0 Å². The van der Waals surface area contributed by atoms with E-state index in [2.05, 4.69) is 0 Å². The minimum absolute atomic E-state index is 0.0293. The average molecular weight is 415 g/mol. The zero-order valence-corrected chi connectivity index (χ0v) is 17.3. The third-order valence-electron chi connectivity index (χ3n) is 5.46. The predicted octanol–water partition coefficient (Wildman–Crippen LogP) is 4.46. The second-order valence-corrected chi connectivity index (χ2v) is 7.84. The van der Waals surface area contributed by atoms with E-state index in [0.29, 0.717) is 10.8 Å². The van der Waals surface area contributed by atoms with Gasteiger partial charge in [-0.2, -0.15) is 5.26 Å². The number of ketones is 1. The summed E-state index contributed by atoms with van der Waals surface area (Å²) >= 11 is 5.94. The molecular formula is C22H23ClN2O4. The van der Waals surface area contributed by atoms with Crippen molar-refractivity contribution in [1.82, 2.24) is 4.57 Å². The van der Waals surface area contributed by atoms with Gasteiger partial charge in [0.05, 0.1) is 5.56 Å². The van der Waals surface area contributed by atoms with Crippen molar-refractivity contribution >= 4 is 17.4 Å². The highest BCUT2D eigenvalue weighted by Gasteiger charge is 2.28. The Morgan fingerprint density at radius 2 is 2.00 bits per heavy atom. The van der Waals surface area contributed by atoms with Gasteiger partial charge in [0.1, 0.15) is 17.4 Å². The Balaban J connectivity index is 1.98. The Hall–Kier alpha value is -2.78. The predicted molar refractivity (Wildman–Crippen MR) is 110 cm³/mol. The van der Waals surface area contributed by atoms with Crippen LogP contribution in [0.2, 0.25) is 5.02 Å². The zero-order chi connectivity index (χ0) is 21.1. The lowest BCUT2D eigenvalue weighted by molar-refractivity contribution is 0.0915. The highest BCUT2D eigenvalue weighted by Crippen LogP contribution is 2.33. The first-order valence-electron chi connectivity index (χ1n) is 9.65. The van der Waals surface area contributed by atoms with Crippen molar-refractivity contribution in [3.8, 4) is 17.7 Å². The third kappa shape index (κ3) is 4.15. The van der Waals surface area contributed by atoms with E-state index in [-0.39, 0.29) is 35.2 Å². The van der Waals surface area contributed by atoms with Gasteiger partial charge in [-0.15, -0.1) is 0 Å².